The predicted molar refractivity (Wildman–Crippen MR) is 76.1 cm³/mol. The summed E-state index contributed by atoms with van der Waals surface area (Å²) in [5.41, 5.74) is 0.854. The number of carbonyl (C=O) groups is 1. The minimum atomic E-state index is 0.127. The minimum absolute atomic E-state index is 0.127. The first-order valence-electron chi connectivity index (χ1n) is 6.24. The third-order valence-electron chi connectivity index (χ3n) is 2.90. The average molecular weight is 298 g/mol. The van der Waals surface area contributed by atoms with E-state index in [1.807, 2.05) is 24.3 Å². The lowest BCUT2D eigenvalue weighted by atomic mass is 9.98. The van der Waals surface area contributed by atoms with Gasteiger partial charge in [0.05, 0.1) is 5.69 Å². The van der Waals surface area contributed by atoms with E-state index in [2.05, 4.69) is 35.1 Å². The Morgan fingerprint density at radius 1 is 1.35 bits per heavy atom. The van der Waals surface area contributed by atoms with Crippen LogP contribution in [0.5, 0.6) is 0 Å². The van der Waals surface area contributed by atoms with Crippen molar-refractivity contribution in [1.82, 2.24) is 0 Å². The summed E-state index contributed by atoms with van der Waals surface area (Å²) in [5, 5.41) is 2.98. The molecular weight excluding hydrogens is 278 g/mol. The molecule has 0 radical (unpaired) electrons. The summed E-state index contributed by atoms with van der Waals surface area (Å²) in [6.07, 6.45) is 4.13. The van der Waals surface area contributed by atoms with Gasteiger partial charge >= 0.3 is 0 Å². The third kappa shape index (κ3) is 4.50. The van der Waals surface area contributed by atoms with E-state index in [4.69, 9.17) is 0 Å². The second-order valence-corrected chi connectivity index (χ2v) is 5.07. The molecule has 0 aromatic heterocycles. The van der Waals surface area contributed by atoms with Crippen LogP contribution in [0.1, 0.15) is 39.5 Å². The smallest absolute Gasteiger partial charge is 0.227 e. The molecule has 0 saturated heterocycles. The zero-order chi connectivity index (χ0) is 12.7. The quantitative estimate of drug-likeness (QED) is 0.816. The highest BCUT2D eigenvalue weighted by Crippen LogP contribution is 2.23. The van der Waals surface area contributed by atoms with Crippen molar-refractivity contribution in [2.45, 2.75) is 39.5 Å². The Hall–Kier alpha value is -0.830. The molecule has 1 N–H and O–H groups in total. The lowest BCUT2D eigenvalue weighted by molar-refractivity contribution is -0.120. The van der Waals surface area contributed by atoms with E-state index >= 15 is 0 Å². The van der Waals surface area contributed by atoms with Gasteiger partial charge in [0.1, 0.15) is 0 Å². The van der Waals surface area contributed by atoms with E-state index in [9.17, 15) is 4.79 Å². The summed E-state index contributed by atoms with van der Waals surface area (Å²) in [4.78, 5) is 12.1. The molecule has 1 rings (SSSR count). The zero-order valence-corrected chi connectivity index (χ0v) is 12.1. The van der Waals surface area contributed by atoms with Crippen molar-refractivity contribution in [3.8, 4) is 0 Å². The van der Waals surface area contributed by atoms with Crippen LogP contribution in [0.3, 0.4) is 0 Å². The Morgan fingerprint density at radius 2 is 2.06 bits per heavy atom. The standard InChI is InChI=1S/C14H20BrNO/c1-3-5-8-11(4-2)14(17)16-13-10-7-6-9-12(13)15/h6-7,9-11H,3-5,8H2,1-2H3,(H,16,17). The summed E-state index contributed by atoms with van der Waals surface area (Å²) >= 11 is 3.43. The first kappa shape index (κ1) is 14.2. The van der Waals surface area contributed by atoms with E-state index in [0.717, 1.165) is 35.8 Å². The van der Waals surface area contributed by atoms with E-state index in [1.165, 1.54) is 0 Å². The maximum absolute atomic E-state index is 12.1. The first-order chi connectivity index (χ1) is 8.19. The van der Waals surface area contributed by atoms with Crippen LogP contribution in [0.15, 0.2) is 28.7 Å². The number of rotatable bonds is 6. The average Bonchev–Trinajstić information content (AvgIpc) is 2.33. The molecule has 0 aliphatic rings. The second-order valence-electron chi connectivity index (χ2n) is 4.22. The molecule has 1 unspecified atom stereocenters. The van der Waals surface area contributed by atoms with Gasteiger partial charge in [0.2, 0.25) is 5.91 Å². The van der Waals surface area contributed by atoms with Gasteiger partial charge in [-0.25, -0.2) is 0 Å². The van der Waals surface area contributed by atoms with Crippen molar-refractivity contribution in [2.75, 3.05) is 5.32 Å². The van der Waals surface area contributed by atoms with Crippen LogP contribution < -0.4 is 5.32 Å². The van der Waals surface area contributed by atoms with Crippen LogP contribution in [0.4, 0.5) is 5.69 Å². The van der Waals surface area contributed by atoms with Crippen LogP contribution in [0.25, 0.3) is 0 Å². The molecule has 0 aliphatic heterocycles. The molecule has 0 spiro atoms. The van der Waals surface area contributed by atoms with Gasteiger partial charge in [0.15, 0.2) is 0 Å². The molecule has 3 heteroatoms. The van der Waals surface area contributed by atoms with Crippen molar-refractivity contribution in [3.05, 3.63) is 28.7 Å². The fourth-order valence-electron chi connectivity index (χ4n) is 1.77. The van der Waals surface area contributed by atoms with Crippen molar-refractivity contribution in [3.63, 3.8) is 0 Å². The van der Waals surface area contributed by atoms with Gasteiger partial charge in [-0.1, -0.05) is 38.8 Å². The highest BCUT2D eigenvalue weighted by atomic mass is 79.9. The van der Waals surface area contributed by atoms with Gasteiger partial charge in [-0.15, -0.1) is 0 Å². The fourth-order valence-corrected chi connectivity index (χ4v) is 2.15. The Morgan fingerprint density at radius 3 is 2.65 bits per heavy atom. The molecule has 94 valence electrons. The number of unbranched alkanes of at least 4 members (excludes halogenated alkanes) is 1. The molecule has 1 amide bonds. The number of anilines is 1. The maximum Gasteiger partial charge on any atom is 0.227 e. The predicted octanol–water partition coefficient (Wildman–Crippen LogP) is 4.60. The van der Waals surface area contributed by atoms with E-state index in [0.29, 0.717) is 0 Å². The minimum Gasteiger partial charge on any atom is -0.325 e. The molecule has 0 fully saturated rings. The van der Waals surface area contributed by atoms with Gasteiger partial charge < -0.3 is 5.32 Å². The Bertz CT molecular complexity index is 365. The first-order valence-corrected chi connectivity index (χ1v) is 7.03. The number of halogens is 1. The van der Waals surface area contributed by atoms with Crippen LogP contribution in [0.2, 0.25) is 0 Å². The van der Waals surface area contributed by atoms with Gasteiger partial charge in [-0.2, -0.15) is 0 Å². The topological polar surface area (TPSA) is 29.1 Å². The normalized spacial score (nSPS) is 12.2. The third-order valence-corrected chi connectivity index (χ3v) is 3.59. The molecule has 1 aromatic carbocycles. The van der Waals surface area contributed by atoms with Crippen molar-refractivity contribution < 1.29 is 4.79 Å². The van der Waals surface area contributed by atoms with Crippen molar-refractivity contribution >= 4 is 27.5 Å². The molecule has 0 heterocycles. The fraction of sp³-hybridized carbons (Fsp3) is 0.500. The number of para-hydroxylation sites is 1. The summed E-state index contributed by atoms with van der Waals surface area (Å²) in [5.74, 6) is 0.259. The van der Waals surface area contributed by atoms with Gasteiger partial charge in [0, 0.05) is 10.4 Å². The van der Waals surface area contributed by atoms with Gasteiger partial charge in [0.25, 0.3) is 0 Å². The zero-order valence-electron chi connectivity index (χ0n) is 10.5. The highest BCUT2D eigenvalue weighted by molar-refractivity contribution is 9.10. The SMILES string of the molecule is CCCCC(CC)C(=O)Nc1ccccc1Br. The Labute approximate surface area is 112 Å². The number of benzene rings is 1. The summed E-state index contributed by atoms with van der Waals surface area (Å²) < 4.78 is 0.929. The molecule has 1 atom stereocenters. The van der Waals surface area contributed by atoms with E-state index in [1.54, 1.807) is 0 Å². The molecule has 1 aromatic rings. The highest BCUT2D eigenvalue weighted by Gasteiger charge is 2.16. The largest absolute Gasteiger partial charge is 0.325 e. The number of nitrogens with one attached hydrogen (secondary N) is 1. The summed E-state index contributed by atoms with van der Waals surface area (Å²) in [6, 6.07) is 7.71. The van der Waals surface area contributed by atoms with Gasteiger partial charge in [-0.05, 0) is 40.9 Å². The molecule has 17 heavy (non-hydrogen) atoms. The molecule has 0 aliphatic carbocycles. The monoisotopic (exact) mass is 297 g/mol. The Balaban J connectivity index is 2.61. The van der Waals surface area contributed by atoms with E-state index in [-0.39, 0.29) is 11.8 Å². The summed E-state index contributed by atoms with van der Waals surface area (Å²) in [6.45, 7) is 4.22. The van der Waals surface area contributed by atoms with Crippen LogP contribution in [-0.2, 0) is 4.79 Å². The maximum atomic E-state index is 12.1. The lowest BCUT2D eigenvalue weighted by Crippen LogP contribution is -2.22. The molecule has 0 bridgehead atoms. The van der Waals surface area contributed by atoms with Crippen LogP contribution in [-0.4, -0.2) is 5.91 Å². The number of amides is 1. The van der Waals surface area contributed by atoms with Crippen molar-refractivity contribution in [1.29, 1.82) is 0 Å². The van der Waals surface area contributed by atoms with Crippen molar-refractivity contribution in [2.24, 2.45) is 5.92 Å². The molecule has 0 saturated carbocycles. The van der Waals surface area contributed by atoms with Crippen LogP contribution in [0, 0.1) is 5.92 Å². The molecular formula is C14H20BrNO. The number of hydrogen-bond donors (Lipinski definition) is 1. The number of carbonyl (C=O) groups excluding carboxylic acids is 1. The molecule has 2 nitrogen and oxygen atoms in total. The van der Waals surface area contributed by atoms with Gasteiger partial charge in [-0.3, -0.25) is 4.79 Å². The lowest BCUT2D eigenvalue weighted by Gasteiger charge is -2.15. The summed E-state index contributed by atoms with van der Waals surface area (Å²) in [7, 11) is 0. The van der Waals surface area contributed by atoms with Crippen LogP contribution >= 0.6 is 15.9 Å². The Kier molecular flexibility index (Phi) is 6.27. The number of hydrogen-bond acceptors (Lipinski definition) is 1. The second kappa shape index (κ2) is 7.49. The van der Waals surface area contributed by atoms with E-state index < -0.39 is 0 Å².